The second-order valence-electron chi connectivity index (χ2n) is 2.63. The topological polar surface area (TPSA) is 34.9 Å². The van der Waals surface area contributed by atoms with Gasteiger partial charge in [0.05, 0.1) is 12.9 Å². The zero-order chi connectivity index (χ0) is 9.10. The Morgan fingerprint density at radius 3 is 3.08 bits per heavy atom. The third kappa shape index (κ3) is 1.84. The Balaban J connectivity index is 2.29. The predicted molar refractivity (Wildman–Crippen MR) is 51.9 cm³/mol. The number of thiophene rings is 1. The summed E-state index contributed by atoms with van der Waals surface area (Å²) in [6, 6.07) is 5.44. The summed E-state index contributed by atoms with van der Waals surface area (Å²) in [5.41, 5.74) is -0.0107. The molecule has 3 nitrogen and oxygen atoms in total. The number of rotatable bonds is 2. The molecule has 0 amide bonds. The van der Waals surface area contributed by atoms with Crippen LogP contribution in [0.1, 0.15) is 4.88 Å². The first-order valence-corrected chi connectivity index (χ1v) is 4.77. The van der Waals surface area contributed by atoms with E-state index in [1.54, 1.807) is 22.2 Å². The number of hydrogen-bond donors (Lipinski definition) is 0. The second-order valence-corrected chi connectivity index (χ2v) is 3.66. The van der Waals surface area contributed by atoms with Gasteiger partial charge in [0.2, 0.25) is 0 Å². The fourth-order valence-corrected chi connectivity index (χ4v) is 1.77. The lowest BCUT2D eigenvalue weighted by atomic mass is 10.4. The average Bonchev–Trinajstić information content (AvgIpc) is 2.61. The van der Waals surface area contributed by atoms with Crippen molar-refractivity contribution in [3.05, 3.63) is 51.3 Å². The highest BCUT2D eigenvalue weighted by molar-refractivity contribution is 7.09. The molecule has 0 saturated heterocycles. The highest BCUT2D eigenvalue weighted by atomic mass is 32.1. The normalized spacial score (nSPS) is 10.2. The van der Waals surface area contributed by atoms with Gasteiger partial charge in [-0.15, -0.1) is 11.3 Å². The molecule has 2 rings (SSSR count). The third-order valence-electron chi connectivity index (χ3n) is 1.70. The van der Waals surface area contributed by atoms with E-state index in [9.17, 15) is 4.79 Å². The van der Waals surface area contributed by atoms with Gasteiger partial charge in [0.25, 0.3) is 5.56 Å². The van der Waals surface area contributed by atoms with E-state index in [0.29, 0.717) is 6.54 Å². The maximum absolute atomic E-state index is 11.3. The van der Waals surface area contributed by atoms with Crippen LogP contribution in [0.3, 0.4) is 0 Å². The van der Waals surface area contributed by atoms with Crippen LogP contribution in [0.4, 0.5) is 0 Å². The molecule has 0 fully saturated rings. The molecule has 4 heteroatoms. The van der Waals surface area contributed by atoms with Crippen LogP contribution in [0, 0.1) is 0 Å². The predicted octanol–water partition coefficient (Wildman–Crippen LogP) is 1.35. The highest BCUT2D eigenvalue weighted by Crippen LogP contribution is 2.08. The van der Waals surface area contributed by atoms with E-state index in [4.69, 9.17) is 0 Å². The van der Waals surface area contributed by atoms with Gasteiger partial charge < -0.3 is 0 Å². The Bertz CT molecular complexity index is 433. The lowest BCUT2D eigenvalue weighted by Gasteiger charge is -2.00. The van der Waals surface area contributed by atoms with Gasteiger partial charge in [-0.05, 0) is 11.4 Å². The molecule has 0 aromatic carbocycles. The van der Waals surface area contributed by atoms with Crippen molar-refractivity contribution < 1.29 is 0 Å². The van der Waals surface area contributed by atoms with Crippen molar-refractivity contribution in [2.45, 2.75) is 6.54 Å². The van der Waals surface area contributed by atoms with E-state index in [1.807, 2.05) is 17.5 Å². The first-order chi connectivity index (χ1) is 6.36. The molecule has 0 saturated carbocycles. The van der Waals surface area contributed by atoms with E-state index >= 15 is 0 Å². The molecule has 0 aliphatic heterocycles. The molecule has 13 heavy (non-hydrogen) atoms. The summed E-state index contributed by atoms with van der Waals surface area (Å²) in [5, 5.41) is 2.00. The number of aromatic nitrogens is 2. The Morgan fingerprint density at radius 1 is 1.46 bits per heavy atom. The van der Waals surface area contributed by atoms with Crippen LogP contribution in [0.2, 0.25) is 0 Å². The Hall–Kier alpha value is -1.42. The minimum Gasteiger partial charge on any atom is -0.294 e. The quantitative estimate of drug-likeness (QED) is 0.720. The zero-order valence-electron chi connectivity index (χ0n) is 6.88. The molecule has 0 unspecified atom stereocenters. The lowest BCUT2D eigenvalue weighted by Crippen LogP contribution is -2.18. The van der Waals surface area contributed by atoms with Crippen LogP contribution in [-0.4, -0.2) is 9.55 Å². The first-order valence-electron chi connectivity index (χ1n) is 3.89. The van der Waals surface area contributed by atoms with E-state index in [2.05, 4.69) is 4.98 Å². The summed E-state index contributed by atoms with van der Waals surface area (Å²) in [6.45, 7) is 0.615. The SMILES string of the molecule is O=c1ccncn1Cc1cccs1. The number of nitrogens with zero attached hydrogens (tertiary/aromatic N) is 2. The van der Waals surface area contributed by atoms with Crippen molar-refractivity contribution in [1.82, 2.24) is 9.55 Å². The summed E-state index contributed by atoms with van der Waals surface area (Å²) in [6.07, 6.45) is 3.06. The largest absolute Gasteiger partial charge is 0.294 e. The molecule has 0 N–H and O–H groups in total. The van der Waals surface area contributed by atoms with Crippen molar-refractivity contribution in [2.75, 3.05) is 0 Å². The van der Waals surface area contributed by atoms with Crippen LogP contribution < -0.4 is 5.56 Å². The standard InChI is InChI=1S/C9H8N2OS/c12-9-3-4-10-7-11(9)6-8-2-1-5-13-8/h1-5,7H,6H2. The molecule has 0 radical (unpaired) electrons. The van der Waals surface area contributed by atoms with E-state index < -0.39 is 0 Å². The molecule has 0 spiro atoms. The summed E-state index contributed by atoms with van der Waals surface area (Å²) >= 11 is 1.64. The summed E-state index contributed by atoms with van der Waals surface area (Å²) in [4.78, 5) is 16.3. The van der Waals surface area contributed by atoms with Crippen LogP contribution in [0.15, 0.2) is 40.9 Å². The Labute approximate surface area is 79.3 Å². The smallest absolute Gasteiger partial charge is 0.253 e. The third-order valence-corrected chi connectivity index (χ3v) is 2.56. The molecule has 66 valence electrons. The maximum Gasteiger partial charge on any atom is 0.253 e. The fraction of sp³-hybridized carbons (Fsp3) is 0.111. The first kappa shape index (κ1) is 8.19. The highest BCUT2D eigenvalue weighted by Gasteiger charge is 1.96. The zero-order valence-corrected chi connectivity index (χ0v) is 7.70. The molecule has 0 aliphatic rings. The second kappa shape index (κ2) is 3.53. The maximum atomic E-state index is 11.3. The molecular formula is C9H8N2OS. The minimum atomic E-state index is -0.0107. The minimum absolute atomic E-state index is 0.0107. The Kier molecular flexibility index (Phi) is 2.23. The van der Waals surface area contributed by atoms with Crippen LogP contribution >= 0.6 is 11.3 Å². The summed E-state index contributed by atoms with van der Waals surface area (Å²) in [5.74, 6) is 0. The van der Waals surface area contributed by atoms with Crippen molar-refractivity contribution in [2.24, 2.45) is 0 Å². The van der Waals surface area contributed by atoms with E-state index in [1.165, 1.54) is 12.3 Å². The lowest BCUT2D eigenvalue weighted by molar-refractivity contribution is 0.745. The van der Waals surface area contributed by atoms with Gasteiger partial charge >= 0.3 is 0 Å². The fourth-order valence-electron chi connectivity index (χ4n) is 1.07. The van der Waals surface area contributed by atoms with E-state index in [-0.39, 0.29) is 5.56 Å². The average molecular weight is 192 g/mol. The molecule has 2 aromatic heterocycles. The summed E-state index contributed by atoms with van der Waals surface area (Å²) in [7, 11) is 0. The van der Waals surface area contributed by atoms with Gasteiger partial charge in [-0.3, -0.25) is 9.36 Å². The van der Waals surface area contributed by atoms with Crippen molar-refractivity contribution in [3.8, 4) is 0 Å². The summed E-state index contributed by atoms with van der Waals surface area (Å²) < 4.78 is 1.59. The molecule has 0 aliphatic carbocycles. The van der Waals surface area contributed by atoms with Crippen molar-refractivity contribution in [1.29, 1.82) is 0 Å². The molecule has 0 bridgehead atoms. The van der Waals surface area contributed by atoms with Gasteiger partial charge in [-0.25, -0.2) is 4.98 Å². The van der Waals surface area contributed by atoms with Gasteiger partial charge in [0, 0.05) is 17.1 Å². The molecule has 0 atom stereocenters. The molecule has 2 aromatic rings. The molecular weight excluding hydrogens is 184 g/mol. The monoisotopic (exact) mass is 192 g/mol. The van der Waals surface area contributed by atoms with Crippen LogP contribution in [-0.2, 0) is 6.54 Å². The Morgan fingerprint density at radius 2 is 2.38 bits per heavy atom. The van der Waals surface area contributed by atoms with Crippen LogP contribution in [0.25, 0.3) is 0 Å². The van der Waals surface area contributed by atoms with Gasteiger partial charge in [-0.2, -0.15) is 0 Å². The van der Waals surface area contributed by atoms with Crippen molar-refractivity contribution in [3.63, 3.8) is 0 Å². The molecule has 2 heterocycles. The van der Waals surface area contributed by atoms with E-state index in [0.717, 1.165) is 4.88 Å². The van der Waals surface area contributed by atoms with Crippen LogP contribution in [0.5, 0.6) is 0 Å². The number of hydrogen-bond acceptors (Lipinski definition) is 3. The van der Waals surface area contributed by atoms with Gasteiger partial charge in [-0.1, -0.05) is 6.07 Å². The van der Waals surface area contributed by atoms with Crippen molar-refractivity contribution >= 4 is 11.3 Å². The van der Waals surface area contributed by atoms with Gasteiger partial charge in [0.15, 0.2) is 0 Å². The van der Waals surface area contributed by atoms with Gasteiger partial charge in [0.1, 0.15) is 0 Å².